The third kappa shape index (κ3) is 4.35. The van der Waals surface area contributed by atoms with Crippen LogP contribution >= 0.6 is 28.1 Å². The van der Waals surface area contributed by atoms with E-state index in [0.29, 0.717) is 11.7 Å². The van der Waals surface area contributed by atoms with Crippen LogP contribution in [0.2, 0.25) is 0 Å². The van der Waals surface area contributed by atoms with Gasteiger partial charge in [0, 0.05) is 16.4 Å². The van der Waals surface area contributed by atoms with Gasteiger partial charge in [-0.05, 0) is 52.8 Å². The fourth-order valence-electron chi connectivity index (χ4n) is 2.95. The first kappa shape index (κ1) is 17.7. The van der Waals surface area contributed by atoms with Crippen LogP contribution in [-0.2, 0) is 6.54 Å². The number of thiocarbonyl (C=S) groups is 1. The third-order valence-corrected chi connectivity index (χ3v) is 4.94. The molecule has 4 aromatic rings. The second-order valence-electron chi connectivity index (χ2n) is 6.15. The molecule has 0 fully saturated rings. The maximum atomic E-state index is 5.38. The molecule has 0 aliphatic rings. The molecule has 1 aromatic heterocycles. The lowest BCUT2D eigenvalue weighted by molar-refractivity contribution is 0.690. The van der Waals surface area contributed by atoms with Crippen molar-refractivity contribution in [1.29, 1.82) is 0 Å². The van der Waals surface area contributed by atoms with E-state index in [1.54, 1.807) is 6.20 Å². The zero-order valence-corrected chi connectivity index (χ0v) is 16.8. The topological polar surface area (TPSA) is 41.9 Å². The lowest BCUT2D eigenvalue weighted by Crippen LogP contribution is -2.18. The molecule has 0 atom stereocenters. The van der Waals surface area contributed by atoms with Crippen molar-refractivity contribution < 1.29 is 0 Å². The van der Waals surface area contributed by atoms with E-state index in [1.807, 2.05) is 35.1 Å². The van der Waals surface area contributed by atoms with Gasteiger partial charge in [0.2, 0.25) is 0 Å². The van der Waals surface area contributed by atoms with Gasteiger partial charge in [-0.15, -0.1) is 0 Å². The Morgan fingerprint density at radius 2 is 1.67 bits per heavy atom. The second-order valence-corrected chi connectivity index (χ2v) is 7.47. The van der Waals surface area contributed by atoms with Gasteiger partial charge < -0.3 is 10.6 Å². The molecule has 2 N–H and O–H groups in total. The number of hydrogen-bond donors (Lipinski definition) is 2. The quantitative estimate of drug-likeness (QED) is 0.405. The molecule has 4 nitrogen and oxygen atoms in total. The molecule has 0 saturated heterocycles. The van der Waals surface area contributed by atoms with Crippen molar-refractivity contribution in [2.24, 2.45) is 0 Å². The molecule has 0 spiro atoms. The number of fused-ring (bicyclic) bond motifs is 1. The van der Waals surface area contributed by atoms with Crippen molar-refractivity contribution in [2.75, 3.05) is 10.6 Å². The minimum Gasteiger partial charge on any atom is -0.332 e. The van der Waals surface area contributed by atoms with Gasteiger partial charge in [0.15, 0.2) is 5.11 Å². The monoisotopic (exact) mass is 436 g/mol. The van der Waals surface area contributed by atoms with Crippen LogP contribution in [0, 0.1) is 0 Å². The van der Waals surface area contributed by atoms with Crippen molar-refractivity contribution in [3.05, 3.63) is 89.2 Å². The highest BCUT2D eigenvalue weighted by atomic mass is 79.9. The fourth-order valence-corrected chi connectivity index (χ4v) is 3.45. The van der Waals surface area contributed by atoms with E-state index in [0.717, 1.165) is 15.8 Å². The summed E-state index contributed by atoms with van der Waals surface area (Å²) in [6.45, 7) is 0.704. The number of nitrogens with one attached hydrogen (secondary N) is 2. The maximum absolute atomic E-state index is 5.38. The Bertz CT molecular complexity index is 1080. The molecule has 0 bridgehead atoms. The summed E-state index contributed by atoms with van der Waals surface area (Å²) >= 11 is 8.81. The van der Waals surface area contributed by atoms with E-state index in [-0.39, 0.29) is 0 Å². The molecule has 0 saturated carbocycles. The number of anilines is 2. The molecular formula is C21H17BrN4S. The van der Waals surface area contributed by atoms with Crippen LogP contribution < -0.4 is 10.6 Å². The normalized spacial score (nSPS) is 10.7. The first-order valence-corrected chi connectivity index (χ1v) is 9.70. The molecule has 134 valence electrons. The van der Waals surface area contributed by atoms with E-state index in [1.165, 1.54) is 16.3 Å². The average Bonchev–Trinajstić information content (AvgIpc) is 3.10. The van der Waals surface area contributed by atoms with Gasteiger partial charge in [-0.1, -0.05) is 58.4 Å². The van der Waals surface area contributed by atoms with Crippen molar-refractivity contribution in [2.45, 2.75) is 6.54 Å². The summed E-state index contributed by atoms with van der Waals surface area (Å²) < 4.78 is 2.94. The molecule has 0 aliphatic heterocycles. The fraction of sp³-hybridized carbons (Fsp3) is 0.0476. The Morgan fingerprint density at radius 1 is 0.926 bits per heavy atom. The number of nitrogens with zero attached hydrogens (tertiary/aromatic N) is 2. The van der Waals surface area contributed by atoms with Crippen LogP contribution in [0.3, 0.4) is 0 Å². The van der Waals surface area contributed by atoms with Crippen LogP contribution in [0.15, 0.2) is 83.6 Å². The standard InChI is InChI=1S/C21H17BrN4S/c22-17-8-10-18(11-9-17)24-21(27)25-19-12-23-26(14-19)13-16-6-3-5-15-4-1-2-7-20(15)16/h1-12,14H,13H2,(H2,24,25,27). The van der Waals surface area contributed by atoms with Gasteiger partial charge >= 0.3 is 0 Å². The zero-order valence-electron chi connectivity index (χ0n) is 14.4. The van der Waals surface area contributed by atoms with Crippen LogP contribution in [0.5, 0.6) is 0 Å². The van der Waals surface area contributed by atoms with Crippen molar-refractivity contribution >= 4 is 55.4 Å². The summed E-state index contributed by atoms with van der Waals surface area (Å²) in [6, 6.07) is 22.6. The van der Waals surface area contributed by atoms with Gasteiger partial charge in [-0.2, -0.15) is 5.10 Å². The number of halogens is 1. The second kappa shape index (κ2) is 7.90. The summed E-state index contributed by atoms with van der Waals surface area (Å²) in [4.78, 5) is 0. The van der Waals surface area contributed by atoms with Crippen LogP contribution in [0.1, 0.15) is 5.56 Å². The third-order valence-electron chi connectivity index (χ3n) is 4.21. The minimum atomic E-state index is 0.530. The van der Waals surface area contributed by atoms with E-state index in [2.05, 4.69) is 74.1 Å². The van der Waals surface area contributed by atoms with Gasteiger partial charge in [0.05, 0.1) is 18.4 Å². The van der Waals surface area contributed by atoms with Gasteiger partial charge in [0.25, 0.3) is 0 Å². The molecule has 6 heteroatoms. The Balaban J connectivity index is 1.44. The van der Waals surface area contributed by atoms with E-state index in [4.69, 9.17) is 12.2 Å². The summed E-state index contributed by atoms with van der Waals surface area (Å²) in [6.07, 6.45) is 3.73. The summed E-state index contributed by atoms with van der Waals surface area (Å²) in [5.41, 5.74) is 3.02. The number of rotatable bonds is 4. The van der Waals surface area contributed by atoms with Gasteiger partial charge in [-0.3, -0.25) is 4.68 Å². The van der Waals surface area contributed by atoms with E-state index >= 15 is 0 Å². The largest absolute Gasteiger partial charge is 0.332 e. The molecule has 0 radical (unpaired) electrons. The predicted octanol–water partition coefficient (Wildman–Crippen LogP) is 5.66. The number of aromatic nitrogens is 2. The highest BCUT2D eigenvalue weighted by molar-refractivity contribution is 9.10. The summed E-state index contributed by atoms with van der Waals surface area (Å²) in [5.74, 6) is 0. The lowest BCUT2D eigenvalue weighted by Gasteiger charge is -2.09. The first-order valence-electron chi connectivity index (χ1n) is 8.50. The molecule has 0 aliphatic carbocycles. The van der Waals surface area contributed by atoms with Gasteiger partial charge in [-0.25, -0.2) is 0 Å². The number of hydrogen-bond acceptors (Lipinski definition) is 2. The van der Waals surface area contributed by atoms with Crippen molar-refractivity contribution in [1.82, 2.24) is 9.78 Å². The van der Waals surface area contributed by atoms with Gasteiger partial charge in [0.1, 0.15) is 0 Å². The zero-order chi connectivity index (χ0) is 18.6. The molecule has 0 amide bonds. The van der Waals surface area contributed by atoms with Crippen LogP contribution in [0.4, 0.5) is 11.4 Å². The van der Waals surface area contributed by atoms with Crippen LogP contribution in [0.25, 0.3) is 10.8 Å². The summed E-state index contributed by atoms with van der Waals surface area (Å²) in [7, 11) is 0. The summed E-state index contributed by atoms with van der Waals surface area (Å²) in [5, 5.41) is 13.8. The smallest absolute Gasteiger partial charge is 0.175 e. The van der Waals surface area contributed by atoms with E-state index < -0.39 is 0 Å². The van der Waals surface area contributed by atoms with Crippen molar-refractivity contribution in [3.63, 3.8) is 0 Å². The Labute approximate surface area is 171 Å². The predicted molar refractivity (Wildman–Crippen MR) is 119 cm³/mol. The highest BCUT2D eigenvalue weighted by Crippen LogP contribution is 2.20. The molecular weight excluding hydrogens is 420 g/mol. The molecule has 27 heavy (non-hydrogen) atoms. The molecule has 0 unspecified atom stereocenters. The average molecular weight is 437 g/mol. The minimum absolute atomic E-state index is 0.530. The van der Waals surface area contributed by atoms with Crippen LogP contribution in [-0.4, -0.2) is 14.9 Å². The Hall–Kier alpha value is -2.70. The maximum Gasteiger partial charge on any atom is 0.175 e. The lowest BCUT2D eigenvalue weighted by atomic mass is 10.0. The molecule has 3 aromatic carbocycles. The van der Waals surface area contributed by atoms with E-state index in [9.17, 15) is 0 Å². The number of benzene rings is 3. The highest BCUT2D eigenvalue weighted by Gasteiger charge is 2.05. The molecule has 4 rings (SSSR count). The van der Waals surface area contributed by atoms with Crippen molar-refractivity contribution in [3.8, 4) is 0 Å². The Kier molecular flexibility index (Phi) is 5.18. The molecule has 1 heterocycles. The SMILES string of the molecule is S=C(Nc1ccc(Br)cc1)Nc1cnn(Cc2cccc3ccccc23)c1. The Morgan fingerprint density at radius 3 is 2.52 bits per heavy atom. The first-order chi connectivity index (χ1) is 13.2.